The number of nitrogens with zero attached hydrogens (tertiary/aromatic N) is 4. The van der Waals surface area contributed by atoms with Crippen LogP contribution in [-0.4, -0.2) is 85.2 Å². The summed E-state index contributed by atoms with van der Waals surface area (Å²) in [5, 5.41) is 2.29. The van der Waals surface area contributed by atoms with E-state index in [1.54, 1.807) is 13.8 Å². The average Bonchev–Trinajstić information content (AvgIpc) is 2.90. The zero-order valence-electron chi connectivity index (χ0n) is 13.2. The molecular formula is C12H22N4O6. The van der Waals surface area contributed by atoms with Crippen LogP contribution in [0.3, 0.4) is 0 Å². The normalized spacial score (nSPS) is 24.7. The van der Waals surface area contributed by atoms with Crippen LogP contribution in [0, 0.1) is 0 Å². The van der Waals surface area contributed by atoms with Crippen molar-refractivity contribution in [1.29, 1.82) is 0 Å². The van der Waals surface area contributed by atoms with Gasteiger partial charge in [-0.2, -0.15) is 10.1 Å². The molecule has 2 aliphatic heterocycles. The fourth-order valence-corrected chi connectivity index (χ4v) is 2.61. The highest BCUT2D eigenvalue weighted by atomic mass is 16.7. The third-order valence-electron chi connectivity index (χ3n) is 3.33. The maximum Gasteiger partial charge on any atom is 0.372 e. The molecule has 2 atom stereocenters. The molecule has 126 valence electrons. The number of carbonyl (C=O) groups excluding carboxylic acids is 2. The first-order chi connectivity index (χ1) is 10.6. The highest BCUT2D eigenvalue weighted by molar-refractivity contribution is 5.83. The second-order valence-corrected chi connectivity index (χ2v) is 4.65. The smallest absolute Gasteiger partial charge is 0.364 e. The zero-order valence-corrected chi connectivity index (χ0v) is 13.2. The SMILES string of the molecule is CCON1C(=O)N(OCC)C2C1N(COC)C(=O)N2COC. The Morgan fingerprint density at radius 2 is 1.23 bits per heavy atom. The quantitative estimate of drug-likeness (QED) is 0.637. The number of hydroxylamine groups is 4. The largest absolute Gasteiger partial charge is 0.372 e. The second kappa shape index (κ2) is 7.09. The molecule has 0 aromatic rings. The van der Waals surface area contributed by atoms with Crippen molar-refractivity contribution >= 4 is 12.1 Å². The maximum absolute atomic E-state index is 12.5. The predicted molar refractivity (Wildman–Crippen MR) is 72.7 cm³/mol. The first-order valence-electron chi connectivity index (χ1n) is 7.05. The Labute approximate surface area is 128 Å². The Morgan fingerprint density at radius 1 is 0.818 bits per heavy atom. The van der Waals surface area contributed by atoms with Gasteiger partial charge in [-0.1, -0.05) is 0 Å². The van der Waals surface area contributed by atoms with Crippen molar-refractivity contribution in [3.63, 3.8) is 0 Å². The van der Waals surface area contributed by atoms with Gasteiger partial charge in [0.2, 0.25) is 0 Å². The van der Waals surface area contributed by atoms with Gasteiger partial charge >= 0.3 is 12.1 Å². The van der Waals surface area contributed by atoms with Crippen molar-refractivity contribution in [2.75, 3.05) is 40.9 Å². The molecule has 2 fully saturated rings. The standard InChI is InChI=1S/C12H22N4O6/c1-5-21-15-9-10(16(12(15)18)22-6-2)14(8-20-4)11(17)13(9)7-19-3/h9-10H,5-8H2,1-4H3. The molecule has 2 aliphatic rings. The predicted octanol–water partition coefficient (Wildman–Crippen LogP) is 0.225. The van der Waals surface area contributed by atoms with E-state index in [-0.39, 0.29) is 32.7 Å². The molecule has 10 nitrogen and oxygen atoms in total. The summed E-state index contributed by atoms with van der Waals surface area (Å²) >= 11 is 0. The maximum atomic E-state index is 12.5. The van der Waals surface area contributed by atoms with E-state index in [1.165, 1.54) is 24.0 Å². The highest BCUT2D eigenvalue weighted by Crippen LogP contribution is 2.35. The lowest BCUT2D eigenvalue weighted by atomic mass is 10.4. The molecule has 0 aromatic heterocycles. The van der Waals surface area contributed by atoms with Gasteiger partial charge in [-0.3, -0.25) is 19.5 Å². The lowest BCUT2D eigenvalue weighted by molar-refractivity contribution is -0.162. The summed E-state index contributed by atoms with van der Waals surface area (Å²) in [6, 6.07) is -0.783. The minimum Gasteiger partial charge on any atom is -0.364 e. The van der Waals surface area contributed by atoms with Gasteiger partial charge in [0, 0.05) is 14.2 Å². The van der Waals surface area contributed by atoms with Crippen LogP contribution < -0.4 is 0 Å². The summed E-state index contributed by atoms with van der Waals surface area (Å²) in [7, 11) is 2.95. The molecule has 2 unspecified atom stereocenters. The summed E-state index contributed by atoms with van der Waals surface area (Å²) in [5.74, 6) is 0. The Hall–Kier alpha value is -1.62. The van der Waals surface area contributed by atoms with Crippen LogP contribution in [0.25, 0.3) is 0 Å². The van der Waals surface area contributed by atoms with E-state index in [9.17, 15) is 9.59 Å². The molecule has 2 rings (SSSR count). The number of urea groups is 2. The molecule has 0 aromatic carbocycles. The summed E-state index contributed by atoms with van der Waals surface area (Å²) in [5.41, 5.74) is 0. The van der Waals surface area contributed by atoms with Gasteiger partial charge in [0.1, 0.15) is 13.5 Å². The van der Waals surface area contributed by atoms with Crippen LogP contribution in [0.1, 0.15) is 13.8 Å². The van der Waals surface area contributed by atoms with Gasteiger partial charge in [-0.05, 0) is 13.8 Å². The van der Waals surface area contributed by atoms with E-state index in [1.807, 2.05) is 0 Å². The molecule has 10 heteroatoms. The summed E-state index contributed by atoms with van der Waals surface area (Å²) in [4.78, 5) is 38.6. The van der Waals surface area contributed by atoms with Crippen LogP contribution in [0.4, 0.5) is 9.59 Å². The van der Waals surface area contributed by atoms with Crippen LogP contribution in [0.15, 0.2) is 0 Å². The van der Waals surface area contributed by atoms with Crippen molar-refractivity contribution in [3.8, 4) is 0 Å². The summed E-state index contributed by atoms with van der Waals surface area (Å²) in [6.45, 7) is 4.14. The van der Waals surface area contributed by atoms with Crippen LogP contribution >= 0.6 is 0 Å². The number of fused-ring (bicyclic) bond motifs is 1. The minimum atomic E-state index is -0.665. The number of hydrogen-bond acceptors (Lipinski definition) is 6. The van der Waals surface area contributed by atoms with Gasteiger partial charge in [0.15, 0.2) is 12.3 Å². The molecule has 0 radical (unpaired) electrons. The van der Waals surface area contributed by atoms with E-state index in [2.05, 4.69) is 0 Å². The fourth-order valence-electron chi connectivity index (χ4n) is 2.61. The molecule has 0 aliphatic carbocycles. The molecule has 2 saturated heterocycles. The van der Waals surface area contributed by atoms with E-state index in [0.717, 1.165) is 10.1 Å². The van der Waals surface area contributed by atoms with Gasteiger partial charge in [0.05, 0.1) is 13.2 Å². The first-order valence-corrected chi connectivity index (χ1v) is 7.05. The van der Waals surface area contributed by atoms with Crippen molar-refractivity contribution in [2.24, 2.45) is 0 Å². The topological polar surface area (TPSA) is 84.0 Å². The van der Waals surface area contributed by atoms with Gasteiger partial charge in [-0.25, -0.2) is 9.59 Å². The average molecular weight is 318 g/mol. The summed E-state index contributed by atoms with van der Waals surface area (Å²) < 4.78 is 10.1. The number of carbonyl (C=O) groups is 2. The first kappa shape index (κ1) is 16.7. The molecule has 2 heterocycles. The van der Waals surface area contributed by atoms with Gasteiger partial charge in [0.25, 0.3) is 0 Å². The number of amides is 4. The molecule has 0 bridgehead atoms. The zero-order chi connectivity index (χ0) is 16.3. The second-order valence-electron chi connectivity index (χ2n) is 4.65. The summed E-state index contributed by atoms with van der Waals surface area (Å²) in [6.07, 6.45) is -1.33. The monoisotopic (exact) mass is 318 g/mol. The minimum absolute atomic E-state index is 0.0248. The van der Waals surface area contributed by atoms with Crippen LogP contribution in [-0.2, 0) is 19.1 Å². The van der Waals surface area contributed by atoms with E-state index < -0.39 is 18.4 Å². The number of rotatable bonds is 8. The van der Waals surface area contributed by atoms with Gasteiger partial charge in [-0.15, -0.1) is 0 Å². The van der Waals surface area contributed by atoms with Crippen molar-refractivity contribution in [2.45, 2.75) is 26.2 Å². The van der Waals surface area contributed by atoms with Crippen LogP contribution in [0.2, 0.25) is 0 Å². The Balaban J connectivity index is 2.36. The lowest BCUT2D eigenvalue weighted by Gasteiger charge is -2.27. The van der Waals surface area contributed by atoms with E-state index >= 15 is 0 Å². The molecule has 0 N–H and O–H groups in total. The number of ether oxygens (including phenoxy) is 2. The highest BCUT2D eigenvalue weighted by Gasteiger charge is 2.61. The molecule has 0 saturated carbocycles. The van der Waals surface area contributed by atoms with Crippen LogP contribution in [0.5, 0.6) is 0 Å². The van der Waals surface area contributed by atoms with Crippen molar-refractivity contribution in [1.82, 2.24) is 19.9 Å². The Kier molecular flexibility index (Phi) is 5.40. The molecule has 0 spiro atoms. The third kappa shape index (κ3) is 2.58. The fraction of sp³-hybridized carbons (Fsp3) is 0.833. The number of methoxy groups -OCH3 is 2. The molecular weight excluding hydrogens is 296 g/mol. The Bertz CT molecular complexity index is 352. The van der Waals surface area contributed by atoms with Gasteiger partial charge < -0.3 is 9.47 Å². The lowest BCUT2D eigenvalue weighted by Crippen LogP contribution is -2.47. The van der Waals surface area contributed by atoms with E-state index in [0.29, 0.717) is 0 Å². The number of hydrogen-bond donors (Lipinski definition) is 0. The Morgan fingerprint density at radius 3 is 1.55 bits per heavy atom. The molecule has 4 amide bonds. The van der Waals surface area contributed by atoms with Crippen molar-refractivity contribution in [3.05, 3.63) is 0 Å². The van der Waals surface area contributed by atoms with Crippen molar-refractivity contribution < 1.29 is 28.7 Å². The van der Waals surface area contributed by atoms with E-state index in [4.69, 9.17) is 19.1 Å². The third-order valence-corrected chi connectivity index (χ3v) is 3.33. The molecule has 22 heavy (non-hydrogen) atoms.